The Balaban J connectivity index is 1.74. The maximum Gasteiger partial charge on any atom is 0.189 e. The molecule has 0 bridgehead atoms. The van der Waals surface area contributed by atoms with Crippen LogP contribution >= 0.6 is 52.0 Å². The molecule has 0 N–H and O–H groups in total. The molecule has 1 aliphatic rings. The predicted octanol–water partition coefficient (Wildman–Crippen LogP) is 10.3. The van der Waals surface area contributed by atoms with Crippen molar-refractivity contribution in [1.29, 1.82) is 0 Å². The van der Waals surface area contributed by atoms with Gasteiger partial charge in [-0.2, -0.15) is 0 Å². The molecular formula is C20H14P7+. The van der Waals surface area contributed by atoms with E-state index in [0.717, 1.165) is 0 Å². The lowest BCUT2D eigenvalue weighted by Crippen LogP contribution is -2.02. The zero-order chi connectivity index (χ0) is 17.8. The molecule has 0 saturated heterocycles. The first-order chi connectivity index (χ1) is 13.4. The van der Waals surface area contributed by atoms with Crippen LogP contribution in [-0.2, 0) is 0 Å². The zero-order valence-electron chi connectivity index (χ0n) is 14.2. The molecule has 2 aromatic heterocycles. The van der Waals surface area contributed by atoms with Crippen molar-refractivity contribution in [3.05, 3.63) is 83.9 Å². The average molecular weight is 471 g/mol. The summed E-state index contributed by atoms with van der Waals surface area (Å²) in [6.45, 7) is -0.0744. The van der Waals surface area contributed by atoms with E-state index in [1.807, 2.05) is 0 Å². The van der Waals surface area contributed by atoms with Crippen molar-refractivity contribution in [3.8, 4) is 0 Å². The molecule has 27 heavy (non-hydrogen) atoms. The molecule has 7 heteroatoms. The van der Waals surface area contributed by atoms with Crippen LogP contribution in [0.2, 0.25) is 0 Å². The molecule has 0 fully saturated rings. The molecule has 0 aliphatic carbocycles. The summed E-state index contributed by atoms with van der Waals surface area (Å²) in [6.07, 6.45) is -1.29. The minimum absolute atomic E-state index is 0.0744. The summed E-state index contributed by atoms with van der Waals surface area (Å²) in [7, 11) is 6.12. The van der Waals surface area contributed by atoms with E-state index in [0.29, 0.717) is 0 Å². The van der Waals surface area contributed by atoms with E-state index in [1.165, 1.54) is 13.8 Å². The summed E-state index contributed by atoms with van der Waals surface area (Å²) in [5.74, 6) is 2.55. The van der Waals surface area contributed by atoms with Crippen molar-refractivity contribution in [1.82, 2.24) is 0 Å². The Kier molecular flexibility index (Phi) is 4.44. The number of hydrogen-bond acceptors (Lipinski definition) is 0. The molecule has 5 aromatic rings. The molecule has 0 spiro atoms. The van der Waals surface area contributed by atoms with Crippen molar-refractivity contribution < 1.29 is 0 Å². The van der Waals surface area contributed by atoms with Gasteiger partial charge in [0.1, 0.15) is 19.8 Å². The van der Waals surface area contributed by atoms with Crippen LogP contribution in [0.15, 0.2) is 78.3 Å². The van der Waals surface area contributed by atoms with Gasteiger partial charge in [0.05, 0.1) is 7.22 Å². The maximum absolute atomic E-state index is 2.70. The van der Waals surface area contributed by atoms with Gasteiger partial charge in [0.25, 0.3) is 0 Å². The lowest BCUT2D eigenvalue weighted by molar-refractivity contribution is 1.75. The van der Waals surface area contributed by atoms with E-state index in [1.54, 1.807) is 49.4 Å². The fraction of sp³-hybridized carbons (Fsp3) is 0. The van der Waals surface area contributed by atoms with Gasteiger partial charge in [-0.1, -0.05) is 50.7 Å². The first kappa shape index (κ1) is 17.5. The van der Waals surface area contributed by atoms with Crippen molar-refractivity contribution in [3.63, 3.8) is 0 Å². The smallest absolute Gasteiger partial charge is 0.0614 e. The molecule has 3 heterocycles. The normalized spacial score (nSPS) is 21.2. The first-order valence-corrected chi connectivity index (χ1v) is 20.4. The summed E-state index contributed by atoms with van der Waals surface area (Å²) in [4.78, 5) is 0. The highest BCUT2D eigenvalue weighted by Crippen LogP contribution is 3.05. The summed E-state index contributed by atoms with van der Waals surface area (Å²) in [5, 5.41) is 8.12. The standard InChI is InChI=1S/C20H14P7/c1-6-12-20-15(7-1)13-22-27(20,25-14-21-18-10-4-5-11-19(18)25)26-23-16-8-2-3-9-17(16)24-26/h1-14H/q+1. The molecule has 1 aliphatic heterocycles. The van der Waals surface area contributed by atoms with Crippen molar-refractivity contribution >= 4 is 83.5 Å². The van der Waals surface area contributed by atoms with Crippen LogP contribution in [0.25, 0.3) is 20.5 Å². The van der Waals surface area contributed by atoms with Crippen LogP contribution in [0.1, 0.15) is 5.56 Å². The lowest BCUT2D eigenvalue weighted by atomic mass is 10.2. The molecule has 128 valence electrons. The Hall–Kier alpha value is -0.370. The molecule has 3 aromatic carbocycles. The summed E-state index contributed by atoms with van der Waals surface area (Å²) >= 11 is 0. The van der Waals surface area contributed by atoms with Crippen molar-refractivity contribution in [2.45, 2.75) is 0 Å². The largest absolute Gasteiger partial charge is 0.189 e. The second-order valence-corrected chi connectivity index (χ2v) is 31.1. The van der Waals surface area contributed by atoms with Gasteiger partial charge in [-0.3, -0.25) is 0 Å². The van der Waals surface area contributed by atoms with Crippen LogP contribution in [0.4, 0.5) is 0 Å². The Labute approximate surface area is 167 Å². The van der Waals surface area contributed by atoms with E-state index in [4.69, 9.17) is 0 Å². The van der Waals surface area contributed by atoms with Gasteiger partial charge in [0.15, 0.2) is 6.33 Å². The van der Waals surface area contributed by atoms with E-state index in [-0.39, 0.29) is 13.8 Å². The van der Waals surface area contributed by atoms with E-state index < -0.39 is 6.33 Å². The monoisotopic (exact) mass is 471 g/mol. The van der Waals surface area contributed by atoms with Crippen molar-refractivity contribution in [2.75, 3.05) is 0 Å². The van der Waals surface area contributed by atoms with E-state index >= 15 is 0 Å². The van der Waals surface area contributed by atoms with E-state index in [2.05, 4.69) is 84.1 Å². The quantitative estimate of drug-likeness (QED) is 0.225. The maximum atomic E-state index is 2.70. The minimum atomic E-state index is -1.29. The molecule has 6 rings (SSSR count). The second-order valence-electron chi connectivity index (χ2n) is 6.41. The SMILES string of the molecule is C1=P[P+](p2pc3ccccc3p2)(p2cpc3ccccc32)c2ccccc21. The van der Waals surface area contributed by atoms with Gasteiger partial charge in [0.2, 0.25) is 0 Å². The number of benzene rings is 3. The molecule has 0 amide bonds. The first-order valence-electron chi connectivity index (χ1n) is 8.66. The average Bonchev–Trinajstić information content (AvgIpc) is 3.43. The molecule has 2 unspecified atom stereocenters. The van der Waals surface area contributed by atoms with Crippen LogP contribution in [-0.4, -0.2) is 5.80 Å². The van der Waals surface area contributed by atoms with Crippen LogP contribution < -0.4 is 5.30 Å². The summed E-state index contributed by atoms with van der Waals surface area (Å²) < 4.78 is 0. The Morgan fingerprint density at radius 1 is 0.704 bits per heavy atom. The zero-order valence-corrected chi connectivity index (χ0v) is 20.5. The van der Waals surface area contributed by atoms with Gasteiger partial charge in [-0.05, 0) is 30.3 Å². The topological polar surface area (TPSA) is 0 Å². The van der Waals surface area contributed by atoms with Gasteiger partial charge >= 0.3 is 0 Å². The predicted molar refractivity (Wildman–Crippen MR) is 137 cm³/mol. The van der Waals surface area contributed by atoms with Gasteiger partial charge in [-0.15, -0.1) is 0 Å². The summed E-state index contributed by atoms with van der Waals surface area (Å²) in [5.41, 5.74) is 4.22. The Morgan fingerprint density at radius 3 is 2.19 bits per heavy atom. The fourth-order valence-electron chi connectivity index (χ4n) is 3.62. The minimum Gasteiger partial charge on any atom is -0.0614 e. The third kappa shape index (κ3) is 2.64. The van der Waals surface area contributed by atoms with Crippen LogP contribution in [0.5, 0.6) is 0 Å². The molecular weight excluding hydrogens is 457 g/mol. The highest BCUT2D eigenvalue weighted by molar-refractivity contribution is 8.98. The van der Waals surface area contributed by atoms with Gasteiger partial charge in [0, 0.05) is 53.1 Å². The molecule has 0 radical (unpaired) electrons. The number of hydrogen-bond donors (Lipinski definition) is 0. The van der Waals surface area contributed by atoms with Crippen molar-refractivity contribution in [2.24, 2.45) is 0 Å². The molecule has 0 saturated carbocycles. The number of rotatable bonds is 2. The Morgan fingerprint density at radius 2 is 1.37 bits per heavy atom. The summed E-state index contributed by atoms with van der Waals surface area (Å²) in [6, 6.07) is 27.7. The van der Waals surface area contributed by atoms with E-state index in [9.17, 15) is 0 Å². The lowest BCUT2D eigenvalue weighted by Gasteiger charge is -2.18. The third-order valence-electron chi connectivity index (χ3n) is 4.88. The second kappa shape index (κ2) is 6.85. The van der Waals surface area contributed by atoms with Crippen LogP contribution in [0, 0.1) is 0 Å². The highest BCUT2D eigenvalue weighted by atomic mass is 32.9. The van der Waals surface area contributed by atoms with Gasteiger partial charge in [-0.25, -0.2) is 0 Å². The highest BCUT2D eigenvalue weighted by Gasteiger charge is 2.51. The third-order valence-corrected chi connectivity index (χ3v) is 44.7. The van der Waals surface area contributed by atoms with Gasteiger partial charge < -0.3 is 0 Å². The fourth-order valence-corrected chi connectivity index (χ4v) is 51.4. The van der Waals surface area contributed by atoms with Crippen LogP contribution in [0.3, 0.4) is 0 Å². The number of fused-ring (bicyclic) bond motifs is 3. The molecule has 2 atom stereocenters. The Bertz CT molecular complexity index is 1310. The molecule has 0 nitrogen and oxygen atoms in total.